The molecular weight excluding hydrogens is 471 g/mol. The number of allylic oxidation sites excluding steroid dienone is 2. The van der Waals surface area contributed by atoms with Gasteiger partial charge in [-0.15, -0.1) is 0 Å². The van der Waals surface area contributed by atoms with Crippen molar-refractivity contribution in [1.82, 2.24) is 20.7 Å². The van der Waals surface area contributed by atoms with Crippen molar-refractivity contribution in [3.05, 3.63) is 64.9 Å². The van der Waals surface area contributed by atoms with Crippen LogP contribution in [0.1, 0.15) is 51.2 Å². The third kappa shape index (κ3) is 5.32. The zero-order valence-corrected chi connectivity index (χ0v) is 22.0. The predicted octanol–water partition coefficient (Wildman–Crippen LogP) is 3.28. The number of hydrogen-bond donors (Lipinski definition) is 4. The van der Waals surface area contributed by atoms with Gasteiger partial charge in [-0.25, -0.2) is 9.82 Å². The lowest BCUT2D eigenvalue weighted by Crippen LogP contribution is -2.41. The third-order valence-corrected chi connectivity index (χ3v) is 7.86. The van der Waals surface area contributed by atoms with E-state index in [4.69, 9.17) is 11.1 Å². The Morgan fingerprint density at radius 2 is 2.05 bits per heavy atom. The Hall–Kier alpha value is -3.46. The molecule has 2 aliphatic heterocycles. The van der Waals surface area contributed by atoms with Crippen molar-refractivity contribution in [2.75, 3.05) is 20.1 Å². The standard InChI is InChI=1S/C28H37FN6O2/c1-18(25(36)32-14-20-11-21(13-23(29)12-20)22-15-33-34(4)16-22)9-24(10-19(2)31)35-8-7-28(17-30,26(35)37)27(3)5-6-27/h9-13,16-18,30,33H,5-8,14-15,31H2,1-4H3,(H,32,36)/b19-10-,24-9+,30-17?. The second-order valence-electron chi connectivity index (χ2n) is 10.8. The monoisotopic (exact) mass is 508 g/mol. The number of nitrogens with two attached hydrogens (primary N) is 1. The molecule has 2 atom stereocenters. The van der Waals surface area contributed by atoms with Crippen molar-refractivity contribution < 1.29 is 14.0 Å². The molecule has 1 aromatic carbocycles. The largest absolute Gasteiger partial charge is 0.402 e. The van der Waals surface area contributed by atoms with Gasteiger partial charge in [0.15, 0.2) is 0 Å². The summed E-state index contributed by atoms with van der Waals surface area (Å²) in [4.78, 5) is 28.2. The molecule has 1 aliphatic carbocycles. The van der Waals surface area contributed by atoms with Gasteiger partial charge in [0.25, 0.3) is 0 Å². The Bertz CT molecular complexity index is 1200. The molecule has 1 saturated heterocycles. The molecule has 1 aromatic rings. The SMILES string of the molecule is C/C(N)=C/C(=C\C(C)C(=O)NCc1cc(F)cc(C2=CN(C)NC2)c1)N1CCC(C=N)(C2(C)CC2)C1=O. The number of carbonyl (C=O) groups excluding carboxylic acids is 2. The topological polar surface area (TPSA) is 115 Å². The summed E-state index contributed by atoms with van der Waals surface area (Å²) in [5, 5.41) is 12.8. The molecule has 2 heterocycles. The predicted molar refractivity (Wildman–Crippen MR) is 142 cm³/mol. The number of nitrogens with zero attached hydrogens (tertiary/aromatic N) is 2. The maximum absolute atomic E-state index is 14.3. The van der Waals surface area contributed by atoms with Gasteiger partial charge < -0.3 is 26.4 Å². The highest BCUT2D eigenvalue weighted by Crippen LogP contribution is 2.61. The average Bonchev–Trinajstić information content (AvgIpc) is 3.28. The Balaban J connectivity index is 1.48. The third-order valence-electron chi connectivity index (χ3n) is 7.86. The number of hydrazine groups is 1. The van der Waals surface area contributed by atoms with Gasteiger partial charge in [0.05, 0.1) is 11.3 Å². The van der Waals surface area contributed by atoms with Gasteiger partial charge in [-0.3, -0.25) is 9.59 Å². The summed E-state index contributed by atoms with van der Waals surface area (Å²) in [6.45, 7) is 6.82. The van der Waals surface area contributed by atoms with Gasteiger partial charge in [-0.05, 0) is 78.7 Å². The van der Waals surface area contributed by atoms with E-state index in [-0.39, 0.29) is 29.6 Å². The van der Waals surface area contributed by atoms with Crippen LogP contribution >= 0.6 is 0 Å². The van der Waals surface area contributed by atoms with E-state index in [1.54, 1.807) is 30.9 Å². The molecule has 0 bridgehead atoms. The number of amides is 2. The van der Waals surface area contributed by atoms with E-state index in [0.717, 1.165) is 24.0 Å². The van der Waals surface area contributed by atoms with Crippen LogP contribution in [-0.2, 0) is 16.1 Å². The van der Waals surface area contributed by atoms with Crippen molar-refractivity contribution in [2.24, 2.45) is 22.5 Å². The Labute approximate surface area is 217 Å². The summed E-state index contributed by atoms with van der Waals surface area (Å²) >= 11 is 0. The smallest absolute Gasteiger partial charge is 0.239 e. The molecular formula is C28H37FN6O2. The fourth-order valence-corrected chi connectivity index (χ4v) is 5.27. The summed E-state index contributed by atoms with van der Waals surface area (Å²) in [6, 6.07) is 4.78. The molecule has 1 saturated carbocycles. The number of nitrogens with one attached hydrogen (secondary N) is 3. The summed E-state index contributed by atoms with van der Waals surface area (Å²) in [5.41, 5.74) is 11.6. The van der Waals surface area contributed by atoms with Gasteiger partial charge in [-0.1, -0.05) is 13.8 Å². The van der Waals surface area contributed by atoms with Gasteiger partial charge in [0, 0.05) is 50.5 Å². The molecule has 9 heteroatoms. The molecule has 0 radical (unpaired) electrons. The molecule has 0 spiro atoms. The minimum absolute atomic E-state index is 0.104. The Kier molecular flexibility index (Phi) is 7.28. The molecule has 37 heavy (non-hydrogen) atoms. The maximum Gasteiger partial charge on any atom is 0.239 e. The minimum Gasteiger partial charge on any atom is -0.402 e. The first-order valence-corrected chi connectivity index (χ1v) is 12.7. The summed E-state index contributed by atoms with van der Waals surface area (Å²) in [6.07, 6.45) is 9.10. The minimum atomic E-state index is -0.803. The van der Waals surface area contributed by atoms with Crippen LogP contribution in [0, 0.1) is 28.0 Å². The van der Waals surface area contributed by atoms with Crippen LogP contribution in [0.2, 0.25) is 0 Å². The van der Waals surface area contributed by atoms with Crippen molar-refractivity contribution >= 4 is 23.6 Å². The molecule has 2 amide bonds. The fraction of sp³-hybridized carbons (Fsp3) is 0.464. The Morgan fingerprint density at radius 3 is 2.65 bits per heavy atom. The average molecular weight is 509 g/mol. The number of carbonyl (C=O) groups is 2. The van der Waals surface area contributed by atoms with E-state index < -0.39 is 11.3 Å². The van der Waals surface area contributed by atoms with Crippen LogP contribution in [0.5, 0.6) is 0 Å². The summed E-state index contributed by atoms with van der Waals surface area (Å²) in [5.74, 6) is -1.27. The number of likely N-dealkylation sites (tertiary alicyclic amines) is 1. The van der Waals surface area contributed by atoms with Crippen LogP contribution in [0.15, 0.2) is 47.9 Å². The van der Waals surface area contributed by atoms with Crippen molar-refractivity contribution in [2.45, 2.75) is 46.6 Å². The molecule has 2 unspecified atom stereocenters. The highest BCUT2D eigenvalue weighted by Gasteiger charge is 2.62. The van der Waals surface area contributed by atoms with Crippen LogP contribution in [-0.4, -0.2) is 48.1 Å². The van der Waals surface area contributed by atoms with E-state index in [2.05, 4.69) is 17.7 Å². The molecule has 4 rings (SSSR count). The van der Waals surface area contributed by atoms with Crippen molar-refractivity contribution in [1.29, 1.82) is 5.41 Å². The lowest BCUT2D eigenvalue weighted by atomic mass is 9.73. The summed E-state index contributed by atoms with van der Waals surface area (Å²) < 4.78 is 14.3. The van der Waals surface area contributed by atoms with E-state index in [0.29, 0.717) is 36.5 Å². The maximum atomic E-state index is 14.3. The molecule has 198 valence electrons. The highest BCUT2D eigenvalue weighted by atomic mass is 19.1. The Morgan fingerprint density at radius 1 is 1.32 bits per heavy atom. The quantitative estimate of drug-likeness (QED) is 0.302. The normalized spacial score (nSPS) is 24.2. The first-order valence-electron chi connectivity index (χ1n) is 12.7. The van der Waals surface area contributed by atoms with Gasteiger partial charge in [-0.2, -0.15) is 0 Å². The van der Waals surface area contributed by atoms with Crippen molar-refractivity contribution in [3.63, 3.8) is 0 Å². The van der Waals surface area contributed by atoms with E-state index >= 15 is 0 Å². The second-order valence-corrected chi connectivity index (χ2v) is 10.8. The van der Waals surface area contributed by atoms with E-state index in [1.807, 2.05) is 24.3 Å². The van der Waals surface area contributed by atoms with Crippen LogP contribution < -0.4 is 16.5 Å². The molecule has 5 N–H and O–H groups in total. The van der Waals surface area contributed by atoms with Crippen LogP contribution in [0.25, 0.3) is 5.57 Å². The highest BCUT2D eigenvalue weighted by molar-refractivity contribution is 6.01. The van der Waals surface area contributed by atoms with Gasteiger partial charge in [0.2, 0.25) is 11.8 Å². The van der Waals surface area contributed by atoms with Gasteiger partial charge in [0.1, 0.15) is 5.82 Å². The summed E-state index contributed by atoms with van der Waals surface area (Å²) in [7, 11) is 1.88. The molecule has 8 nitrogen and oxygen atoms in total. The number of hydrogen-bond acceptors (Lipinski definition) is 6. The zero-order valence-electron chi connectivity index (χ0n) is 22.0. The number of rotatable bonds is 9. The molecule has 2 fully saturated rings. The number of halogens is 1. The lowest BCUT2D eigenvalue weighted by molar-refractivity contribution is -0.133. The lowest BCUT2D eigenvalue weighted by Gasteiger charge is -2.30. The van der Waals surface area contributed by atoms with Crippen LogP contribution in [0.4, 0.5) is 4.39 Å². The van der Waals surface area contributed by atoms with E-state index in [1.165, 1.54) is 18.3 Å². The first-order chi connectivity index (χ1) is 17.5. The fourth-order valence-electron chi connectivity index (χ4n) is 5.27. The van der Waals surface area contributed by atoms with Gasteiger partial charge >= 0.3 is 0 Å². The second kappa shape index (κ2) is 10.1. The van der Waals surface area contributed by atoms with Crippen molar-refractivity contribution in [3.8, 4) is 0 Å². The van der Waals surface area contributed by atoms with Crippen LogP contribution in [0.3, 0.4) is 0 Å². The first kappa shape index (κ1) is 26.6. The zero-order chi connectivity index (χ0) is 27.0. The number of benzene rings is 1. The molecule has 0 aromatic heterocycles. The van der Waals surface area contributed by atoms with E-state index in [9.17, 15) is 14.0 Å². The molecule has 3 aliphatic rings.